The predicted octanol–water partition coefficient (Wildman–Crippen LogP) is 5.05. The van der Waals surface area contributed by atoms with Gasteiger partial charge in [-0.25, -0.2) is 4.39 Å². The van der Waals surface area contributed by atoms with Crippen LogP contribution in [0.15, 0.2) is 47.4 Å². The summed E-state index contributed by atoms with van der Waals surface area (Å²) >= 11 is 7.78. The second-order valence-electron chi connectivity index (χ2n) is 6.50. The van der Waals surface area contributed by atoms with Crippen molar-refractivity contribution in [1.82, 2.24) is 4.90 Å². The van der Waals surface area contributed by atoms with Crippen molar-refractivity contribution in [3.63, 3.8) is 0 Å². The molecule has 1 fully saturated rings. The summed E-state index contributed by atoms with van der Waals surface area (Å²) in [6.45, 7) is 1.88. The Morgan fingerprint density at radius 2 is 2.15 bits per heavy atom. The summed E-state index contributed by atoms with van der Waals surface area (Å²) < 4.78 is 14.0. The molecule has 3 rings (SSSR count). The third kappa shape index (κ3) is 4.78. The van der Waals surface area contributed by atoms with Crippen LogP contribution in [0.5, 0.6) is 0 Å². The lowest BCUT2D eigenvalue weighted by atomic mass is 9.96. The van der Waals surface area contributed by atoms with E-state index < -0.39 is 0 Å². The molecule has 0 aromatic heterocycles. The number of carbonyl (C=O) groups is 1. The quantitative estimate of drug-likeness (QED) is 0.722. The summed E-state index contributed by atoms with van der Waals surface area (Å²) in [5.41, 5.74) is 1.32. The highest BCUT2D eigenvalue weighted by molar-refractivity contribution is 7.98. The number of nitrogens with one attached hydrogen (secondary N) is 1. The molecule has 1 saturated heterocycles. The third-order valence-electron chi connectivity index (χ3n) is 4.66. The van der Waals surface area contributed by atoms with Crippen molar-refractivity contribution in [1.29, 1.82) is 0 Å². The SMILES string of the molecule is CSc1cccc(NC(=O)C2CCCN(Cc3c(F)cccc3Cl)C2)c1. The number of nitrogens with zero attached hydrogens (tertiary/aromatic N) is 1. The van der Waals surface area contributed by atoms with E-state index in [1.165, 1.54) is 6.07 Å². The molecule has 1 aliphatic heterocycles. The van der Waals surface area contributed by atoms with Gasteiger partial charge in [0.05, 0.1) is 5.92 Å². The molecule has 0 aliphatic carbocycles. The Morgan fingerprint density at radius 1 is 1.35 bits per heavy atom. The van der Waals surface area contributed by atoms with E-state index in [2.05, 4.69) is 10.2 Å². The number of rotatable bonds is 5. The van der Waals surface area contributed by atoms with Gasteiger partial charge in [-0.05, 0) is 56.0 Å². The molecule has 0 spiro atoms. The number of likely N-dealkylation sites (tertiary alicyclic amines) is 1. The van der Waals surface area contributed by atoms with Crippen molar-refractivity contribution in [2.75, 3.05) is 24.7 Å². The van der Waals surface area contributed by atoms with Crippen LogP contribution in [-0.4, -0.2) is 30.2 Å². The maximum absolute atomic E-state index is 14.0. The first kappa shape index (κ1) is 19.2. The Balaban J connectivity index is 1.63. The van der Waals surface area contributed by atoms with Gasteiger partial charge in [0, 0.05) is 34.3 Å². The monoisotopic (exact) mass is 392 g/mol. The summed E-state index contributed by atoms with van der Waals surface area (Å²) in [5, 5.41) is 3.45. The maximum Gasteiger partial charge on any atom is 0.228 e. The molecule has 1 amide bonds. The zero-order valence-electron chi connectivity index (χ0n) is 14.7. The molecule has 3 nitrogen and oxygen atoms in total. The Morgan fingerprint density at radius 3 is 2.92 bits per heavy atom. The van der Waals surface area contributed by atoms with E-state index in [0.717, 1.165) is 30.0 Å². The molecule has 138 valence electrons. The fourth-order valence-electron chi connectivity index (χ4n) is 3.27. The van der Waals surface area contributed by atoms with Crippen molar-refractivity contribution in [2.45, 2.75) is 24.3 Å². The number of piperidine rings is 1. The van der Waals surface area contributed by atoms with Gasteiger partial charge in [-0.1, -0.05) is 23.7 Å². The molecular formula is C20H22ClFN2OS. The highest BCUT2D eigenvalue weighted by atomic mass is 35.5. The fraction of sp³-hybridized carbons (Fsp3) is 0.350. The summed E-state index contributed by atoms with van der Waals surface area (Å²) in [6, 6.07) is 12.6. The topological polar surface area (TPSA) is 32.3 Å². The van der Waals surface area contributed by atoms with Gasteiger partial charge >= 0.3 is 0 Å². The number of hydrogen-bond donors (Lipinski definition) is 1. The Labute approximate surface area is 162 Å². The zero-order chi connectivity index (χ0) is 18.5. The summed E-state index contributed by atoms with van der Waals surface area (Å²) in [6.07, 6.45) is 3.76. The average molecular weight is 393 g/mol. The van der Waals surface area contributed by atoms with E-state index in [1.54, 1.807) is 23.9 Å². The standard InChI is InChI=1S/C20H22ClFN2OS/c1-26-16-7-2-6-15(11-16)23-20(25)14-5-4-10-24(12-14)13-17-18(21)8-3-9-19(17)22/h2-3,6-9,11,14H,4-5,10,12-13H2,1H3,(H,23,25). The average Bonchev–Trinajstić information content (AvgIpc) is 2.65. The van der Waals surface area contributed by atoms with Crippen LogP contribution >= 0.6 is 23.4 Å². The van der Waals surface area contributed by atoms with E-state index in [9.17, 15) is 9.18 Å². The normalized spacial score (nSPS) is 17.9. The first-order valence-corrected chi connectivity index (χ1v) is 10.3. The molecule has 0 radical (unpaired) electrons. The van der Waals surface area contributed by atoms with E-state index in [-0.39, 0.29) is 17.6 Å². The lowest BCUT2D eigenvalue weighted by Crippen LogP contribution is -2.40. The molecule has 0 saturated carbocycles. The van der Waals surface area contributed by atoms with Crippen LogP contribution in [0.2, 0.25) is 5.02 Å². The van der Waals surface area contributed by atoms with Crippen molar-refractivity contribution in [3.05, 3.63) is 58.9 Å². The molecular weight excluding hydrogens is 371 g/mol. The molecule has 2 aromatic carbocycles. The number of thioether (sulfide) groups is 1. The molecule has 1 N–H and O–H groups in total. The summed E-state index contributed by atoms with van der Waals surface area (Å²) in [7, 11) is 0. The van der Waals surface area contributed by atoms with Gasteiger partial charge in [0.15, 0.2) is 0 Å². The van der Waals surface area contributed by atoms with E-state index in [0.29, 0.717) is 23.7 Å². The number of benzene rings is 2. The smallest absolute Gasteiger partial charge is 0.228 e. The largest absolute Gasteiger partial charge is 0.326 e. The van der Waals surface area contributed by atoms with Crippen LogP contribution in [0.25, 0.3) is 0 Å². The van der Waals surface area contributed by atoms with Gasteiger partial charge in [0.2, 0.25) is 5.91 Å². The van der Waals surface area contributed by atoms with Gasteiger partial charge in [-0.2, -0.15) is 0 Å². The van der Waals surface area contributed by atoms with Crippen LogP contribution in [-0.2, 0) is 11.3 Å². The van der Waals surface area contributed by atoms with Crippen LogP contribution in [0, 0.1) is 11.7 Å². The molecule has 1 atom stereocenters. The third-order valence-corrected chi connectivity index (χ3v) is 5.74. The van der Waals surface area contributed by atoms with Crippen molar-refractivity contribution in [3.8, 4) is 0 Å². The molecule has 1 aliphatic rings. The Hall–Kier alpha value is -1.56. The first-order chi connectivity index (χ1) is 12.6. The number of carbonyl (C=O) groups excluding carboxylic acids is 1. The fourth-order valence-corrected chi connectivity index (χ4v) is 3.95. The Bertz CT molecular complexity index is 766. The number of anilines is 1. The van der Waals surface area contributed by atoms with Gasteiger partial charge in [0.25, 0.3) is 0 Å². The van der Waals surface area contributed by atoms with Crippen molar-refractivity contribution < 1.29 is 9.18 Å². The van der Waals surface area contributed by atoms with Gasteiger partial charge in [-0.3, -0.25) is 9.69 Å². The lowest BCUT2D eigenvalue weighted by molar-refractivity contribution is -0.121. The van der Waals surface area contributed by atoms with Gasteiger partial charge in [-0.15, -0.1) is 11.8 Å². The number of hydrogen-bond acceptors (Lipinski definition) is 3. The highest BCUT2D eigenvalue weighted by Gasteiger charge is 2.26. The van der Waals surface area contributed by atoms with Crippen LogP contribution < -0.4 is 5.32 Å². The summed E-state index contributed by atoms with van der Waals surface area (Å²) in [4.78, 5) is 15.9. The molecule has 1 heterocycles. The molecule has 2 aromatic rings. The van der Waals surface area contributed by atoms with Crippen LogP contribution in [0.3, 0.4) is 0 Å². The molecule has 6 heteroatoms. The van der Waals surface area contributed by atoms with Crippen molar-refractivity contribution in [2.24, 2.45) is 5.92 Å². The summed E-state index contributed by atoms with van der Waals surface area (Å²) in [5.74, 6) is -0.377. The Kier molecular flexibility index (Phi) is 6.57. The minimum Gasteiger partial charge on any atom is -0.326 e. The van der Waals surface area contributed by atoms with E-state index >= 15 is 0 Å². The lowest BCUT2D eigenvalue weighted by Gasteiger charge is -2.32. The molecule has 0 bridgehead atoms. The number of halogens is 2. The van der Waals surface area contributed by atoms with Crippen LogP contribution in [0.4, 0.5) is 10.1 Å². The number of amides is 1. The van der Waals surface area contributed by atoms with Gasteiger partial charge in [0.1, 0.15) is 5.82 Å². The molecule has 26 heavy (non-hydrogen) atoms. The van der Waals surface area contributed by atoms with Crippen LogP contribution in [0.1, 0.15) is 18.4 Å². The van der Waals surface area contributed by atoms with E-state index in [4.69, 9.17) is 11.6 Å². The second-order valence-corrected chi connectivity index (χ2v) is 7.78. The first-order valence-electron chi connectivity index (χ1n) is 8.67. The minimum atomic E-state index is -0.294. The predicted molar refractivity (Wildman–Crippen MR) is 106 cm³/mol. The minimum absolute atomic E-state index is 0.0209. The van der Waals surface area contributed by atoms with Crippen molar-refractivity contribution >= 4 is 35.0 Å². The highest BCUT2D eigenvalue weighted by Crippen LogP contribution is 2.25. The maximum atomic E-state index is 14.0. The molecule has 1 unspecified atom stereocenters. The zero-order valence-corrected chi connectivity index (χ0v) is 16.2. The van der Waals surface area contributed by atoms with Gasteiger partial charge < -0.3 is 5.32 Å². The second kappa shape index (κ2) is 8.89. The van der Waals surface area contributed by atoms with E-state index in [1.807, 2.05) is 30.5 Å².